The summed E-state index contributed by atoms with van der Waals surface area (Å²) in [6.45, 7) is 3.03. The zero-order chi connectivity index (χ0) is 10.6. The van der Waals surface area contributed by atoms with Gasteiger partial charge in [0.05, 0.1) is 0 Å². The van der Waals surface area contributed by atoms with E-state index >= 15 is 0 Å². The van der Waals surface area contributed by atoms with Crippen molar-refractivity contribution < 1.29 is 4.39 Å². The van der Waals surface area contributed by atoms with E-state index in [2.05, 4.69) is 5.32 Å². The van der Waals surface area contributed by atoms with Gasteiger partial charge < -0.3 is 11.1 Å². The van der Waals surface area contributed by atoms with Crippen LogP contribution in [0.1, 0.15) is 18.5 Å². The summed E-state index contributed by atoms with van der Waals surface area (Å²) in [4.78, 5) is 0. The molecule has 4 heteroatoms. The second-order valence-electron chi connectivity index (χ2n) is 3.10. The van der Waals surface area contributed by atoms with Crippen LogP contribution in [0.2, 0.25) is 5.02 Å². The molecule has 1 rings (SSSR count). The van der Waals surface area contributed by atoms with Gasteiger partial charge in [-0.3, -0.25) is 0 Å². The Morgan fingerprint density at radius 1 is 1.57 bits per heavy atom. The van der Waals surface area contributed by atoms with Gasteiger partial charge in [-0.05, 0) is 19.1 Å². The molecule has 0 bridgehead atoms. The van der Waals surface area contributed by atoms with Gasteiger partial charge in [0.15, 0.2) is 0 Å². The molecule has 0 aliphatic carbocycles. The number of rotatable bonds is 4. The zero-order valence-electron chi connectivity index (χ0n) is 8.06. The smallest absolute Gasteiger partial charge is 0.129 e. The van der Waals surface area contributed by atoms with Gasteiger partial charge in [-0.25, -0.2) is 4.39 Å². The van der Waals surface area contributed by atoms with Crippen LogP contribution in [-0.2, 0) is 0 Å². The molecule has 0 aliphatic rings. The van der Waals surface area contributed by atoms with E-state index in [0.29, 0.717) is 23.7 Å². The van der Waals surface area contributed by atoms with E-state index in [0.717, 1.165) is 0 Å². The molecule has 0 aromatic heterocycles. The summed E-state index contributed by atoms with van der Waals surface area (Å²) in [6, 6.07) is 4.56. The third-order valence-corrected chi connectivity index (χ3v) is 2.36. The average Bonchev–Trinajstić information content (AvgIpc) is 2.14. The van der Waals surface area contributed by atoms with Crippen LogP contribution >= 0.6 is 11.6 Å². The molecule has 14 heavy (non-hydrogen) atoms. The minimum Gasteiger partial charge on any atom is -0.329 e. The van der Waals surface area contributed by atoms with Gasteiger partial charge in [-0.15, -0.1) is 0 Å². The molecule has 0 amide bonds. The van der Waals surface area contributed by atoms with Crippen LogP contribution in [-0.4, -0.2) is 13.1 Å². The lowest BCUT2D eigenvalue weighted by Crippen LogP contribution is -2.26. The van der Waals surface area contributed by atoms with Crippen LogP contribution in [0.4, 0.5) is 4.39 Å². The molecule has 0 fully saturated rings. The van der Waals surface area contributed by atoms with E-state index in [9.17, 15) is 4.39 Å². The maximum absolute atomic E-state index is 13.4. The van der Waals surface area contributed by atoms with E-state index in [1.807, 2.05) is 6.92 Å². The van der Waals surface area contributed by atoms with E-state index in [1.165, 1.54) is 6.07 Å². The first-order valence-electron chi connectivity index (χ1n) is 4.54. The standard InChI is InChI=1S/C10H14ClFN2/c1-7(14-6-5-13)10-8(11)3-2-4-9(10)12/h2-4,7,14H,5-6,13H2,1H3. The highest BCUT2D eigenvalue weighted by Gasteiger charge is 2.13. The van der Waals surface area contributed by atoms with Crippen molar-refractivity contribution in [1.82, 2.24) is 5.32 Å². The number of nitrogens with two attached hydrogens (primary N) is 1. The van der Waals surface area contributed by atoms with Crippen molar-refractivity contribution in [2.45, 2.75) is 13.0 Å². The molecule has 0 aliphatic heterocycles. The molecule has 1 atom stereocenters. The van der Waals surface area contributed by atoms with Gasteiger partial charge in [0.25, 0.3) is 0 Å². The molecule has 0 radical (unpaired) electrons. The highest BCUT2D eigenvalue weighted by atomic mass is 35.5. The summed E-state index contributed by atoms with van der Waals surface area (Å²) in [7, 11) is 0. The third kappa shape index (κ3) is 2.67. The van der Waals surface area contributed by atoms with Crippen molar-refractivity contribution in [3.05, 3.63) is 34.6 Å². The maximum atomic E-state index is 13.4. The number of nitrogens with one attached hydrogen (secondary N) is 1. The lowest BCUT2D eigenvalue weighted by molar-refractivity contribution is 0.534. The van der Waals surface area contributed by atoms with Gasteiger partial charge in [0, 0.05) is 29.7 Å². The molecule has 78 valence electrons. The van der Waals surface area contributed by atoms with E-state index in [4.69, 9.17) is 17.3 Å². The maximum Gasteiger partial charge on any atom is 0.129 e. The van der Waals surface area contributed by atoms with Crippen LogP contribution in [0, 0.1) is 5.82 Å². The molecule has 3 N–H and O–H groups in total. The van der Waals surface area contributed by atoms with Crippen molar-refractivity contribution in [2.24, 2.45) is 5.73 Å². The van der Waals surface area contributed by atoms with Gasteiger partial charge in [-0.2, -0.15) is 0 Å². The van der Waals surface area contributed by atoms with Crippen molar-refractivity contribution in [3.8, 4) is 0 Å². The summed E-state index contributed by atoms with van der Waals surface area (Å²) in [5.41, 5.74) is 5.84. The zero-order valence-corrected chi connectivity index (χ0v) is 8.81. The van der Waals surface area contributed by atoms with Crippen LogP contribution in [0.3, 0.4) is 0 Å². The first-order valence-corrected chi connectivity index (χ1v) is 4.92. The lowest BCUT2D eigenvalue weighted by atomic mass is 10.1. The molecular weight excluding hydrogens is 203 g/mol. The molecule has 2 nitrogen and oxygen atoms in total. The SMILES string of the molecule is CC(NCCN)c1c(F)cccc1Cl. The summed E-state index contributed by atoms with van der Waals surface area (Å²) in [5.74, 6) is -0.283. The van der Waals surface area contributed by atoms with Crippen LogP contribution in [0.25, 0.3) is 0 Å². The number of halogens is 2. The molecule has 0 saturated heterocycles. The van der Waals surface area contributed by atoms with Crippen molar-refractivity contribution in [3.63, 3.8) is 0 Å². The molecule has 0 heterocycles. The summed E-state index contributed by atoms with van der Waals surface area (Å²) in [5, 5.41) is 3.53. The second kappa shape index (κ2) is 5.29. The highest BCUT2D eigenvalue weighted by molar-refractivity contribution is 6.31. The monoisotopic (exact) mass is 216 g/mol. The predicted molar refractivity (Wildman–Crippen MR) is 56.9 cm³/mol. The largest absolute Gasteiger partial charge is 0.329 e. The fourth-order valence-corrected chi connectivity index (χ4v) is 1.65. The first kappa shape index (κ1) is 11.4. The van der Waals surface area contributed by atoms with Crippen molar-refractivity contribution in [1.29, 1.82) is 0 Å². The topological polar surface area (TPSA) is 38.0 Å². The van der Waals surface area contributed by atoms with Gasteiger partial charge in [0.2, 0.25) is 0 Å². The van der Waals surface area contributed by atoms with Gasteiger partial charge >= 0.3 is 0 Å². The number of benzene rings is 1. The Morgan fingerprint density at radius 3 is 2.86 bits per heavy atom. The Bertz CT molecular complexity index is 284. The molecule has 0 spiro atoms. The Kier molecular flexibility index (Phi) is 4.32. The predicted octanol–water partition coefficient (Wildman–Crippen LogP) is 2.09. The Labute approximate surface area is 88.2 Å². The summed E-state index contributed by atoms with van der Waals surface area (Å²) >= 11 is 5.89. The van der Waals surface area contributed by atoms with Gasteiger partial charge in [-0.1, -0.05) is 17.7 Å². The molecule has 1 aromatic carbocycles. The fraction of sp³-hybridized carbons (Fsp3) is 0.400. The van der Waals surface area contributed by atoms with Crippen LogP contribution < -0.4 is 11.1 Å². The highest BCUT2D eigenvalue weighted by Crippen LogP contribution is 2.25. The van der Waals surface area contributed by atoms with Crippen LogP contribution in [0.15, 0.2) is 18.2 Å². The summed E-state index contributed by atoms with van der Waals surface area (Å²) < 4.78 is 13.4. The minimum absolute atomic E-state index is 0.118. The fourth-order valence-electron chi connectivity index (χ4n) is 1.33. The first-order chi connectivity index (χ1) is 6.66. The second-order valence-corrected chi connectivity index (χ2v) is 3.51. The number of hydrogen-bond donors (Lipinski definition) is 2. The lowest BCUT2D eigenvalue weighted by Gasteiger charge is -2.15. The Balaban J connectivity index is 2.82. The normalized spacial score (nSPS) is 12.9. The quantitative estimate of drug-likeness (QED) is 0.809. The summed E-state index contributed by atoms with van der Waals surface area (Å²) in [6.07, 6.45) is 0. The van der Waals surface area contributed by atoms with Gasteiger partial charge in [0.1, 0.15) is 5.82 Å². The van der Waals surface area contributed by atoms with Crippen molar-refractivity contribution >= 4 is 11.6 Å². The third-order valence-electron chi connectivity index (χ3n) is 2.03. The van der Waals surface area contributed by atoms with Crippen LogP contribution in [0.5, 0.6) is 0 Å². The Morgan fingerprint density at radius 2 is 2.29 bits per heavy atom. The molecule has 1 unspecified atom stereocenters. The molecular formula is C10H14ClFN2. The van der Waals surface area contributed by atoms with E-state index in [-0.39, 0.29) is 11.9 Å². The van der Waals surface area contributed by atoms with Crippen molar-refractivity contribution in [2.75, 3.05) is 13.1 Å². The van der Waals surface area contributed by atoms with E-state index < -0.39 is 0 Å². The average molecular weight is 217 g/mol. The van der Waals surface area contributed by atoms with E-state index in [1.54, 1.807) is 12.1 Å². The number of hydrogen-bond acceptors (Lipinski definition) is 2. The Hall–Kier alpha value is -0.640. The minimum atomic E-state index is -0.283. The molecule has 1 aromatic rings. The molecule has 0 saturated carbocycles.